The van der Waals surface area contributed by atoms with E-state index in [0.29, 0.717) is 22.9 Å². The lowest BCUT2D eigenvalue weighted by Gasteiger charge is -2.49. The van der Waals surface area contributed by atoms with Crippen LogP contribution in [0.5, 0.6) is 0 Å². The van der Waals surface area contributed by atoms with Crippen molar-refractivity contribution in [2.75, 3.05) is 24.3 Å². The topological polar surface area (TPSA) is 177 Å². The summed E-state index contributed by atoms with van der Waals surface area (Å²) in [6.45, 7) is 1.86. The van der Waals surface area contributed by atoms with Gasteiger partial charge in [0.1, 0.15) is 29.9 Å². The second kappa shape index (κ2) is 10.0. The number of nitrogens with one attached hydrogen (secondary N) is 1. The van der Waals surface area contributed by atoms with Crippen molar-refractivity contribution in [3.8, 4) is 0 Å². The predicted molar refractivity (Wildman–Crippen MR) is 138 cm³/mol. The normalized spacial score (nSPS) is 19.6. The van der Waals surface area contributed by atoms with Gasteiger partial charge in [-0.2, -0.15) is 0 Å². The van der Waals surface area contributed by atoms with Crippen LogP contribution in [-0.4, -0.2) is 82.9 Å². The predicted octanol–water partition coefficient (Wildman–Crippen LogP) is 0.958. The number of thiazole rings is 1. The van der Waals surface area contributed by atoms with E-state index in [-0.39, 0.29) is 22.2 Å². The summed E-state index contributed by atoms with van der Waals surface area (Å²) in [6.07, 6.45) is 3.43. The van der Waals surface area contributed by atoms with Crippen molar-refractivity contribution >= 4 is 69.3 Å². The molecule has 1 saturated heterocycles. The van der Waals surface area contributed by atoms with Crippen molar-refractivity contribution in [1.29, 1.82) is 0 Å². The zero-order valence-corrected chi connectivity index (χ0v) is 21.9. The highest BCUT2D eigenvalue weighted by molar-refractivity contribution is 8.01. The zero-order valence-electron chi connectivity index (χ0n) is 19.4. The standard InChI is InChI=1S/C21H20N8O5S3/c1-9-5-12(28-4-3-23-21(28)24-9)35-6-10-7-36-18-14(17(31)29(18)15(10)19(32)33)26-16(30)13(27-34-2)11-8-37-20(22)25-11/h3-5,8,14,18H,6-7H2,1-2H3,(H2,22,25)(H,26,30)(H,32,33)/b27-13-/t14-,18-/m1/s1. The summed E-state index contributed by atoms with van der Waals surface area (Å²) >= 11 is 3.96. The number of fused-ring (bicyclic) bond motifs is 2. The molecule has 3 aromatic heterocycles. The molecule has 0 aliphatic carbocycles. The molecule has 2 amide bonds. The lowest BCUT2D eigenvalue weighted by molar-refractivity contribution is -0.150. The van der Waals surface area contributed by atoms with Crippen LogP contribution in [0.2, 0.25) is 0 Å². The highest BCUT2D eigenvalue weighted by atomic mass is 32.2. The van der Waals surface area contributed by atoms with Gasteiger partial charge in [-0.25, -0.2) is 19.7 Å². The molecule has 0 unspecified atom stereocenters. The van der Waals surface area contributed by atoms with Crippen LogP contribution in [0, 0.1) is 6.92 Å². The first-order valence-electron chi connectivity index (χ1n) is 10.8. The van der Waals surface area contributed by atoms with Crippen molar-refractivity contribution < 1.29 is 24.3 Å². The van der Waals surface area contributed by atoms with E-state index in [1.165, 1.54) is 35.5 Å². The number of thioether (sulfide) groups is 2. The summed E-state index contributed by atoms with van der Waals surface area (Å²) < 4.78 is 1.83. The Kier molecular flexibility index (Phi) is 6.78. The molecule has 2 aliphatic heterocycles. The Labute approximate surface area is 222 Å². The molecule has 13 nitrogen and oxygen atoms in total. The number of carboxylic acid groups (broad SMARTS) is 1. The first kappa shape index (κ1) is 25.0. The smallest absolute Gasteiger partial charge is 0.352 e. The summed E-state index contributed by atoms with van der Waals surface area (Å²) in [5.41, 5.74) is 7.08. The summed E-state index contributed by atoms with van der Waals surface area (Å²) in [7, 11) is 1.28. The van der Waals surface area contributed by atoms with Crippen LogP contribution in [0.1, 0.15) is 11.4 Å². The number of carbonyl (C=O) groups is 3. The first-order chi connectivity index (χ1) is 17.8. The second-order valence-corrected chi connectivity index (χ2v) is 10.9. The van der Waals surface area contributed by atoms with Gasteiger partial charge in [0.2, 0.25) is 5.78 Å². The van der Waals surface area contributed by atoms with E-state index in [1.54, 1.807) is 17.8 Å². The Morgan fingerprint density at radius 1 is 1.41 bits per heavy atom. The number of amides is 2. The summed E-state index contributed by atoms with van der Waals surface area (Å²) in [4.78, 5) is 56.8. The lowest BCUT2D eigenvalue weighted by atomic mass is 10.0. The number of imidazole rings is 1. The van der Waals surface area contributed by atoms with Crippen LogP contribution in [0.15, 0.2) is 45.3 Å². The number of nitrogen functional groups attached to an aromatic ring is 1. The van der Waals surface area contributed by atoms with Gasteiger partial charge in [0.15, 0.2) is 10.8 Å². The molecular weight excluding hydrogens is 540 g/mol. The van der Waals surface area contributed by atoms with E-state index < -0.39 is 29.2 Å². The number of nitrogens with two attached hydrogens (primary N) is 1. The molecule has 0 bridgehead atoms. The monoisotopic (exact) mass is 560 g/mol. The quantitative estimate of drug-likeness (QED) is 0.117. The van der Waals surface area contributed by atoms with Gasteiger partial charge in [-0.15, -0.1) is 34.9 Å². The fraction of sp³-hybridized carbons (Fsp3) is 0.286. The van der Waals surface area contributed by atoms with Crippen LogP contribution in [-0.2, 0) is 19.2 Å². The summed E-state index contributed by atoms with van der Waals surface area (Å²) in [6, 6.07) is 0.974. The van der Waals surface area contributed by atoms with E-state index in [9.17, 15) is 19.5 Å². The summed E-state index contributed by atoms with van der Waals surface area (Å²) in [5.74, 6) is -1.09. The maximum Gasteiger partial charge on any atom is 0.352 e. The number of aryl methyl sites for hydroxylation is 1. The van der Waals surface area contributed by atoms with Crippen LogP contribution >= 0.6 is 34.9 Å². The van der Waals surface area contributed by atoms with Crippen molar-refractivity contribution in [3.63, 3.8) is 0 Å². The molecule has 3 aromatic rings. The maximum atomic E-state index is 13.0. The number of carboxylic acids is 1. The molecule has 37 heavy (non-hydrogen) atoms. The molecule has 5 rings (SSSR count). The van der Waals surface area contributed by atoms with Gasteiger partial charge in [0.05, 0.1) is 5.03 Å². The molecule has 0 spiro atoms. The Morgan fingerprint density at radius 2 is 2.22 bits per heavy atom. The summed E-state index contributed by atoms with van der Waals surface area (Å²) in [5, 5.41) is 18.4. The molecule has 4 N–H and O–H groups in total. The lowest BCUT2D eigenvalue weighted by Crippen LogP contribution is -2.71. The number of aromatic nitrogens is 4. The van der Waals surface area contributed by atoms with Crippen LogP contribution in [0.3, 0.4) is 0 Å². The average molecular weight is 561 g/mol. The molecule has 16 heteroatoms. The van der Waals surface area contributed by atoms with Crippen LogP contribution < -0.4 is 11.1 Å². The number of nitrogens with zero attached hydrogens (tertiary/aromatic N) is 6. The van der Waals surface area contributed by atoms with Crippen molar-refractivity contribution in [2.24, 2.45) is 5.16 Å². The fourth-order valence-electron chi connectivity index (χ4n) is 3.96. The van der Waals surface area contributed by atoms with Gasteiger partial charge >= 0.3 is 5.97 Å². The highest BCUT2D eigenvalue weighted by Gasteiger charge is 2.54. The highest BCUT2D eigenvalue weighted by Crippen LogP contribution is 2.41. The molecule has 2 atom stereocenters. The minimum absolute atomic E-state index is 0.0579. The van der Waals surface area contributed by atoms with Gasteiger partial charge in [0, 0.05) is 35.0 Å². The number of anilines is 1. The number of carbonyl (C=O) groups excluding carboxylic acids is 2. The minimum atomic E-state index is -1.20. The number of rotatable bonds is 8. The van der Waals surface area contributed by atoms with Gasteiger partial charge in [0.25, 0.3) is 11.8 Å². The number of hydrogen-bond acceptors (Lipinski definition) is 12. The van der Waals surface area contributed by atoms with Gasteiger partial charge in [-0.1, -0.05) is 5.16 Å². The Bertz CT molecular complexity index is 1480. The van der Waals surface area contributed by atoms with Crippen molar-refractivity contribution in [2.45, 2.75) is 23.4 Å². The van der Waals surface area contributed by atoms with Crippen LogP contribution in [0.4, 0.5) is 5.13 Å². The maximum absolute atomic E-state index is 13.0. The van der Waals surface area contributed by atoms with Gasteiger partial charge in [-0.05, 0) is 18.6 Å². The van der Waals surface area contributed by atoms with Crippen molar-refractivity contribution in [3.05, 3.63) is 46.5 Å². The number of oxime groups is 1. The van der Waals surface area contributed by atoms with E-state index in [0.717, 1.165) is 22.1 Å². The number of β-lactam (4-membered cyclic amide) rings is 1. The molecular formula is C21H20N8O5S3. The van der Waals surface area contributed by atoms with Gasteiger partial charge in [-0.3, -0.25) is 18.9 Å². The third kappa shape index (κ3) is 4.62. The fourth-order valence-corrected chi connectivity index (χ4v) is 7.08. The second-order valence-electron chi connectivity index (χ2n) is 7.93. The minimum Gasteiger partial charge on any atom is -0.477 e. The Balaban J connectivity index is 1.33. The molecule has 0 aromatic carbocycles. The van der Waals surface area contributed by atoms with E-state index in [2.05, 4.69) is 25.4 Å². The molecule has 2 aliphatic rings. The largest absolute Gasteiger partial charge is 0.477 e. The molecule has 192 valence electrons. The van der Waals surface area contributed by atoms with E-state index in [4.69, 9.17) is 10.6 Å². The Morgan fingerprint density at radius 3 is 2.92 bits per heavy atom. The Hall–Kier alpha value is -3.63. The molecule has 0 saturated carbocycles. The third-order valence-electron chi connectivity index (χ3n) is 5.56. The van der Waals surface area contributed by atoms with Crippen molar-refractivity contribution in [1.82, 2.24) is 29.6 Å². The first-order valence-corrected chi connectivity index (χ1v) is 13.7. The number of aliphatic carboxylic acids is 1. The molecule has 5 heterocycles. The third-order valence-corrected chi connectivity index (χ3v) is 8.68. The zero-order chi connectivity index (χ0) is 26.3. The van der Waals surface area contributed by atoms with Gasteiger partial charge < -0.3 is 21.0 Å². The average Bonchev–Trinajstić information content (AvgIpc) is 3.52. The van der Waals surface area contributed by atoms with E-state index in [1.807, 2.05) is 17.4 Å². The molecule has 0 radical (unpaired) electrons. The number of hydrogen-bond donors (Lipinski definition) is 3. The molecule has 1 fully saturated rings. The SMILES string of the molecule is CO/N=C(\C(=O)N[C@@H]1C(=O)N2C(C(=O)O)=C(CSc3cc(C)nc4nccn34)CS[C@H]12)c1csc(N)n1. The van der Waals surface area contributed by atoms with E-state index >= 15 is 0 Å². The van der Waals surface area contributed by atoms with Crippen LogP contribution in [0.25, 0.3) is 5.78 Å².